The lowest BCUT2D eigenvalue weighted by Crippen LogP contribution is -2.29. The molecule has 7 nitrogen and oxygen atoms in total. The predicted molar refractivity (Wildman–Crippen MR) is 130 cm³/mol. The number of thiazole rings is 1. The first kappa shape index (κ1) is 23.7. The number of ether oxygens (including phenoxy) is 1. The van der Waals surface area contributed by atoms with Crippen LogP contribution >= 0.6 is 22.9 Å². The van der Waals surface area contributed by atoms with Gasteiger partial charge in [0, 0.05) is 10.6 Å². The molecule has 1 fully saturated rings. The molecule has 1 atom stereocenters. The van der Waals surface area contributed by atoms with Crippen molar-refractivity contribution in [2.24, 2.45) is 0 Å². The minimum atomic E-state index is -0.933. The molecule has 0 unspecified atom stereocenters. The molecule has 4 rings (SSSR count). The number of esters is 1. The average Bonchev–Trinajstić information content (AvgIpc) is 3.31. The van der Waals surface area contributed by atoms with Crippen LogP contribution in [-0.2, 0) is 14.3 Å². The Morgan fingerprint density at radius 1 is 1.12 bits per heavy atom. The Morgan fingerprint density at radius 3 is 2.38 bits per heavy atom. The number of aliphatic hydroxyl groups is 1. The van der Waals surface area contributed by atoms with Crippen LogP contribution in [0.4, 0.5) is 5.13 Å². The van der Waals surface area contributed by atoms with Gasteiger partial charge in [-0.3, -0.25) is 14.5 Å². The molecule has 0 saturated carbocycles. The topological polar surface area (TPSA) is 96.8 Å². The number of Topliss-reactive ketones (excluding diaryl/α,β-unsaturated/α-hetero) is 1. The van der Waals surface area contributed by atoms with Gasteiger partial charge < -0.3 is 9.84 Å². The van der Waals surface area contributed by atoms with Crippen molar-refractivity contribution in [3.8, 4) is 0 Å². The van der Waals surface area contributed by atoms with E-state index in [1.807, 2.05) is 19.1 Å². The first-order valence-electron chi connectivity index (χ1n) is 10.5. The molecule has 1 amide bonds. The Kier molecular flexibility index (Phi) is 6.54. The summed E-state index contributed by atoms with van der Waals surface area (Å²) in [5.74, 6) is -2.55. The highest BCUT2D eigenvalue weighted by molar-refractivity contribution is 7.17. The number of carbonyl (C=O) groups excluding carboxylic acids is 3. The van der Waals surface area contributed by atoms with E-state index in [1.54, 1.807) is 50.2 Å². The lowest BCUT2D eigenvalue weighted by atomic mass is 9.95. The van der Waals surface area contributed by atoms with Gasteiger partial charge in [-0.1, -0.05) is 52.8 Å². The van der Waals surface area contributed by atoms with E-state index in [4.69, 9.17) is 16.3 Å². The Balaban J connectivity index is 1.90. The lowest BCUT2D eigenvalue weighted by molar-refractivity contribution is -0.132. The largest absolute Gasteiger partial charge is 0.507 e. The van der Waals surface area contributed by atoms with Crippen LogP contribution < -0.4 is 4.90 Å². The van der Waals surface area contributed by atoms with Gasteiger partial charge >= 0.3 is 11.9 Å². The molecule has 1 N–H and O–H groups in total. The van der Waals surface area contributed by atoms with E-state index < -0.39 is 23.7 Å². The summed E-state index contributed by atoms with van der Waals surface area (Å²) in [5.41, 5.74) is 2.28. The Hall–Kier alpha value is -3.49. The minimum Gasteiger partial charge on any atom is -0.507 e. The third kappa shape index (κ3) is 4.22. The Bertz CT molecular complexity index is 1310. The third-order valence-corrected chi connectivity index (χ3v) is 6.80. The molecule has 0 aliphatic carbocycles. The molecule has 1 aliphatic rings. The first-order chi connectivity index (χ1) is 16.2. The smallest absolute Gasteiger partial charge is 0.350 e. The molecule has 1 aromatic heterocycles. The van der Waals surface area contributed by atoms with E-state index in [0.717, 1.165) is 16.9 Å². The van der Waals surface area contributed by atoms with Crippen molar-refractivity contribution in [3.63, 3.8) is 0 Å². The van der Waals surface area contributed by atoms with Gasteiger partial charge in [0.25, 0.3) is 5.78 Å². The molecule has 0 spiro atoms. The van der Waals surface area contributed by atoms with Gasteiger partial charge in [0.15, 0.2) is 5.13 Å². The second-order valence-corrected chi connectivity index (χ2v) is 9.13. The van der Waals surface area contributed by atoms with E-state index in [-0.39, 0.29) is 27.9 Å². The van der Waals surface area contributed by atoms with Gasteiger partial charge in [0.2, 0.25) is 0 Å². The molecule has 3 aromatic rings. The van der Waals surface area contributed by atoms with Gasteiger partial charge in [-0.15, -0.1) is 0 Å². The molecule has 2 heterocycles. The number of carbonyl (C=O) groups is 3. The number of aryl methyl sites for hydroxylation is 2. The minimum absolute atomic E-state index is 0.0679. The second kappa shape index (κ2) is 9.40. The molecule has 2 aromatic carbocycles. The van der Waals surface area contributed by atoms with Crippen LogP contribution in [0, 0.1) is 13.8 Å². The maximum atomic E-state index is 13.2. The highest BCUT2D eigenvalue weighted by Crippen LogP contribution is 2.44. The number of hydrogen-bond donors (Lipinski definition) is 1. The van der Waals surface area contributed by atoms with E-state index >= 15 is 0 Å². The van der Waals surface area contributed by atoms with E-state index in [2.05, 4.69) is 4.98 Å². The number of hydrogen-bond acceptors (Lipinski definition) is 7. The maximum absolute atomic E-state index is 13.2. The molecule has 34 heavy (non-hydrogen) atoms. The number of aromatic nitrogens is 1. The summed E-state index contributed by atoms with van der Waals surface area (Å²) in [4.78, 5) is 44.6. The Labute approximate surface area is 205 Å². The highest BCUT2D eigenvalue weighted by Gasteiger charge is 2.48. The zero-order valence-electron chi connectivity index (χ0n) is 18.7. The van der Waals surface area contributed by atoms with Crippen molar-refractivity contribution < 1.29 is 24.2 Å². The zero-order valence-corrected chi connectivity index (χ0v) is 20.2. The van der Waals surface area contributed by atoms with Crippen molar-refractivity contribution in [3.05, 3.63) is 86.4 Å². The van der Waals surface area contributed by atoms with Crippen molar-refractivity contribution in [2.75, 3.05) is 11.5 Å². The summed E-state index contributed by atoms with van der Waals surface area (Å²) >= 11 is 6.93. The maximum Gasteiger partial charge on any atom is 0.350 e. The van der Waals surface area contributed by atoms with Gasteiger partial charge in [-0.2, -0.15) is 0 Å². The van der Waals surface area contributed by atoms with E-state index in [9.17, 15) is 19.5 Å². The summed E-state index contributed by atoms with van der Waals surface area (Å²) in [6.45, 7) is 5.45. The van der Waals surface area contributed by atoms with Crippen molar-refractivity contribution >= 4 is 51.5 Å². The van der Waals surface area contributed by atoms with Gasteiger partial charge in [-0.25, -0.2) is 9.78 Å². The molecule has 1 aliphatic heterocycles. The standard InChI is InChI=1S/C25H21ClN2O5S/c1-4-33-24(32)22-14(3)27-25(34-22)28-19(15-7-5-13(2)6-8-15)18(21(30)23(28)31)20(29)16-9-11-17(26)12-10-16/h5-12,19,29H,4H2,1-3H3/t19-/m0/s1. The molecule has 9 heteroatoms. The lowest BCUT2D eigenvalue weighted by Gasteiger charge is -2.23. The van der Waals surface area contributed by atoms with Crippen LogP contribution in [0.15, 0.2) is 54.1 Å². The van der Waals surface area contributed by atoms with Crippen LogP contribution in [0.5, 0.6) is 0 Å². The Morgan fingerprint density at radius 2 is 1.76 bits per heavy atom. The number of rotatable bonds is 5. The van der Waals surface area contributed by atoms with E-state index in [1.165, 1.54) is 4.90 Å². The van der Waals surface area contributed by atoms with Gasteiger partial charge in [-0.05, 0) is 50.6 Å². The molecule has 1 saturated heterocycles. The zero-order chi connectivity index (χ0) is 24.6. The number of halogens is 1. The number of ketones is 1. The predicted octanol–water partition coefficient (Wildman–Crippen LogP) is 5.22. The number of nitrogens with zero attached hydrogens (tertiary/aromatic N) is 2. The molecule has 174 valence electrons. The van der Waals surface area contributed by atoms with Crippen LogP contribution in [-0.4, -0.2) is 34.4 Å². The molecule has 0 radical (unpaired) electrons. The van der Waals surface area contributed by atoms with Crippen molar-refractivity contribution in [1.29, 1.82) is 0 Å². The van der Waals surface area contributed by atoms with Crippen LogP contribution in [0.25, 0.3) is 5.76 Å². The number of benzene rings is 2. The summed E-state index contributed by atoms with van der Waals surface area (Å²) < 4.78 is 5.09. The fraction of sp³-hybridized carbons (Fsp3) is 0.200. The quantitative estimate of drug-likeness (QED) is 0.225. The van der Waals surface area contributed by atoms with Crippen LogP contribution in [0.3, 0.4) is 0 Å². The first-order valence-corrected chi connectivity index (χ1v) is 11.7. The fourth-order valence-corrected chi connectivity index (χ4v) is 4.84. The molecule has 0 bridgehead atoms. The van der Waals surface area contributed by atoms with Crippen LogP contribution in [0.1, 0.15) is 45.0 Å². The van der Waals surface area contributed by atoms with Crippen LogP contribution in [0.2, 0.25) is 5.02 Å². The summed E-state index contributed by atoms with van der Waals surface area (Å²) in [6, 6.07) is 12.7. The fourth-order valence-electron chi connectivity index (χ4n) is 3.73. The monoisotopic (exact) mass is 496 g/mol. The number of aliphatic hydroxyl groups excluding tert-OH is 1. The van der Waals surface area contributed by atoms with Crippen molar-refractivity contribution in [1.82, 2.24) is 4.98 Å². The molecular weight excluding hydrogens is 476 g/mol. The second-order valence-electron chi connectivity index (χ2n) is 7.72. The highest BCUT2D eigenvalue weighted by atomic mass is 35.5. The van der Waals surface area contributed by atoms with Gasteiger partial charge in [0.1, 0.15) is 10.6 Å². The van der Waals surface area contributed by atoms with Crippen molar-refractivity contribution in [2.45, 2.75) is 26.8 Å². The summed E-state index contributed by atoms with van der Waals surface area (Å²) in [7, 11) is 0. The SMILES string of the molecule is CCOC(=O)c1sc(N2C(=O)C(=O)C(=C(O)c3ccc(Cl)cc3)[C@@H]2c2ccc(C)cc2)nc1C. The van der Waals surface area contributed by atoms with E-state index in [0.29, 0.717) is 21.8 Å². The normalized spacial score (nSPS) is 17.3. The van der Waals surface area contributed by atoms with Gasteiger partial charge in [0.05, 0.1) is 23.9 Å². The third-order valence-electron chi connectivity index (χ3n) is 5.41. The number of anilines is 1. The summed E-state index contributed by atoms with van der Waals surface area (Å²) in [5, 5.41) is 11.8. The number of amides is 1. The summed E-state index contributed by atoms with van der Waals surface area (Å²) in [6.07, 6.45) is 0. The average molecular weight is 497 g/mol. The molecular formula is C25H21ClN2O5S.